The lowest BCUT2D eigenvalue weighted by Gasteiger charge is -2.09. The van der Waals surface area contributed by atoms with Crippen LogP contribution in [0.2, 0.25) is 0 Å². The Balaban J connectivity index is 3.13. The second kappa shape index (κ2) is 19.5. The summed E-state index contributed by atoms with van der Waals surface area (Å²) in [6.07, 6.45) is 23.5. The Hall–Kier alpha value is -0.830. The van der Waals surface area contributed by atoms with Crippen LogP contribution < -0.4 is 0 Å². The van der Waals surface area contributed by atoms with Gasteiger partial charge in [0.15, 0.2) is 0 Å². The zero-order valence-corrected chi connectivity index (χ0v) is 16.6. The Labute approximate surface area is 155 Å². The first kappa shape index (κ1) is 24.2. The number of allylic oxidation sites excluding steroid dienone is 1. The van der Waals surface area contributed by atoms with Gasteiger partial charge in [0.1, 0.15) is 0 Å². The molecular weight excluding hydrogens is 312 g/mol. The van der Waals surface area contributed by atoms with Crippen LogP contribution in [0.3, 0.4) is 0 Å². The van der Waals surface area contributed by atoms with Crippen molar-refractivity contribution in [3.8, 4) is 0 Å². The van der Waals surface area contributed by atoms with Gasteiger partial charge in [0, 0.05) is 6.08 Å². The largest absolute Gasteiger partial charge is 0.478 e. The topological polar surface area (TPSA) is 57.5 Å². The minimum Gasteiger partial charge on any atom is -0.478 e. The van der Waals surface area contributed by atoms with Crippen LogP contribution in [0.15, 0.2) is 12.2 Å². The molecule has 1 unspecified atom stereocenters. The summed E-state index contributed by atoms with van der Waals surface area (Å²) in [5.41, 5.74) is 0. The summed E-state index contributed by atoms with van der Waals surface area (Å²) in [6, 6.07) is 0. The van der Waals surface area contributed by atoms with Crippen molar-refractivity contribution in [3.05, 3.63) is 12.2 Å². The maximum absolute atomic E-state index is 10.3. The van der Waals surface area contributed by atoms with Crippen LogP contribution in [0.4, 0.5) is 0 Å². The van der Waals surface area contributed by atoms with Gasteiger partial charge in [-0.2, -0.15) is 0 Å². The van der Waals surface area contributed by atoms with Crippen molar-refractivity contribution in [1.82, 2.24) is 0 Å². The van der Waals surface area contributed by atoms with Gasteiger partial charge in [-0.3, -0.25) is 0 Å². The smallest absolute Gasteiger partial charge is 0.327 e. The maximum Gasteiger partial charge on any atom is 0.327 e. The molecule has 0 amide bonds. The second-order valence-electron chi connectivity index (χ2n) is 7.36. The number of unbranched alkanes of at least 4 members (excludes halogenated alkanes) is 13. The number of aliphatic carboxylic acids is 1. The number of carbonyl (C=O) groups is 1. The molecule has 0 aromatic carbocycles. The average Bonchev–Trinajstić information content (AvgIpc) is 2.58. The van der Waals surface area contributed by atoms with Gasteiger partial charge in [-0.1, -0.05) is 96.5 Å². The van der Waals surface area contributed by atoms with Crippen LogP contribution in [0.1, 0.15) is 116 Å². The molecule has 0 heterocycles. The number of carboxylic acids is 1. The van der Waals surface area contributed by atoms with Gasteiger partial charge >= 0.3 is 5.97 Å². The van der Waals surface area contributed by atoms with E-state index in [9.17, 15) is 9.90 Å². The highest BCUT2D eigenvalue weighted by Crippen LogP contribution is 2.14. The van der Waals surface area contributed by atoms with E-state index in [1.165, 1.54) is 89.5 Å². The summed E-state index contributed by atoms with van der Waals surface area (Å²) < 4.78 is 0. The third-order valence-corrected chi connectivity index (χ3v) is 4.81. The second-order valence-corrected chi connectivity index (χ2v) is 7.36. The third kappa shape index (κ3) is 21.1. The van der Waals surface area contributed by atoms with E-state index in [0.29, 0.717) is 0 Å². The molecule has 0 aromatic rings. The third-order valence-electron chi connectivity index (χ3n) is 4.81. The fourth-order valence-electron chi connectivity index (χ4n) is 3.19. The molecule has 0 aliphatic heterocycles. The highest BCUT2D eigenvalue weighted by Gasteiger charge is 2.03. The summed E-state index contributed by atoms with van der Waals surface area (Å²) in [4.78, 5) is 10.3. The Kier molecular flexibility index (Phi) is 18.8. The normalized spacial score (nSPS) is 12.7. The van der Waals surface area contributed by atoms with Crippen molar-refractivity contribution in [1.29, 1.82) is 0 Å². The highest BCUT2D eigenvalue weighted by atomic mass is 16.4. The lowest BCUT2D eigenvalue weighted by Crippen LogP contribution is -2.05. The summed E-state index contributed by atoms with van der Waals surface area (Å²) >= 11 is 0. The Morgan fingerprint density at radius 3 is 1.68 bits per heavy atom. The molecule has 0 radical (unpaired) electrons. The molecule has 0 aliphatic carbocycles. The highest BCUT2D eigenvalue weighted by molar-refractivity contribution is 5.79. The average molecular weight is 355 g/mol. The standard InChI is InChI=1S/C22H42O3/c1-2-3-15-18-21(23)19-16-13-11-9-7-5-4-6-8-10-12-14-17-20-22(24)25/h17,20-21,23H,2-16,18-19H2,1H3,(H,24,25). The van der Waals surface area contributed by atoms with Crippen LogP contribution in [0.5, 0.6) is 0 Å². The van der Waals surface area contributed by atoms with Gasteiger partial charge < -0.3 is 10.2 Å². The number of rotatable bonds is 19. The molecule has 0 aromatic heterocycles. The summed E-state index contributed by atoms with van der Waals surface area (Å²) in [5, 5.41) is 18.3. The molecule has 0 aliphatic rings. The van der Waals surface area contributed by atoms with Crippen LogP contribution in [0, 0.1) is 0 Å². The molecule has 0 spiro atoms. The van der Waals surface area contributed by atoms with Crippen molar-refractivity contribution in [2.24, 2.45) is 0 Å². The molecule has 0 saturated carbocycles. The van der Waals surface area contributed by atoms with Gasteiger partial charge in [0.25, 0.3) is 0 Å². The molecular formula is C22H42O3. The van der Waals surface area contributed by atoms with Crippen LogP contribution >= 0.6 is 0 Å². The molecule has 0 fully saturated rings. The zero-order chi connectivity index (χ0) is 18.6. The van der Waals surface area contributed by atoms with E-state index >= 15 is 0 Å². The van der Waals surface area contributed by atoms with Crippen molar-refractivity contribution < 1.29 is 15.0 Å². The first-order valence-electron chi connectivity index (χ1n) is 10.7. The van der Waals surface area contributed by atoms with Crippen molar-refractivity contribution >= 4 is 5.97 Å². The molecule has 2 N–H and O–H groups in total. The number of hydrogen-bond acceptors (Lipinski definition) is 2. The number of carboxylic acid groups (broad SMARTS) is 1. The summed E-state index contributed by atoms with van der Waals surface area (Å²) in [7, 11) is 0. The van der Waals surface area contributed by atoms with E-state index in [0.717, 1.165) is 25.7 Å². The van der Waals surface area contributed by atoms with E-state index in [-0.39, 0.29) is 6.10 Å². The number of aliphatic hydroxyl groups excluding tert-OH is 1. The minimum atomic E-state index is -0.844. The van der Waals surface area contributed by atoms with E-state index in [4.69, 9.17) is 5.11 Å². The lowest BCUT2D eigenvalue weighted by molar-refractivity contribution is -0.131. The molecule has 0 saturated heterocycles. The predicted molar refractivity (Wildman–Crippen MR) is 107 cm³/mol. The van der Waals surface area contributed by atoms with E-state index in [1.54, 1.807) is 6.08 Å². The van der Waals surface area contributed by atoms with Gasteiger partial charge in [-0.05, 0) is 25.7 Å². The van der Waals surface area contributed by atoms with E-state index < -0.39 is 5.97 Å². The minimum absolute atomic E-state index is 0.0637. The Morgan fingerprint density at radius 2 is 1.20 bits per heavy atom. The van der Waals surface area contributed by atoms with Crippen LogP contribution in [0.25, 0.3) is 0 Å². The van der Waals surface area contributed by atoms with E-state index in [1.807, 2.05) is 0 Å². The van der Waals surface area contributed by atoms with Crippen molar-refractivity contribution in [2.45, 2.75) is 122 Å². The fourth-order valence-corrected chi connectivity index (χ4v) is 3.19. The first-order chi connectivity index (χ1) is 12.2. The maximum atomic E-state index is 10.3. The molecule has 1 atom stereocenters. The predicted octanol–water partition coefficient (Wildman–Crippen LogP) is 6.64. The molecule has 3 nitrogen and oxygen atoms in total. The SMILES string of the molecule is CCCCCC(O)CCCCCCCCCCCCCC=CC(=O)O. The Morgan fingerprint density at radius 1 is 0.760 bits per heavy atom. The molecule has 148 valence electrons. The van der Waals surface area contributed by atoms with Gasteiger partial charge in [0.05, 0.1) is 6.10 Å². The van der Waals surface area contributed by atoms with Gasteiger partial charge in [-0.15, -0.1) is 0 Å². The van der Waals surface area contributed by atoms with Crippen LogP contribution in [-0.2, 0) is 4.79 Å². The van der Waals surface area contributed by atoms with Gasteiger partial charge in [-0.25, -0.2) is 4.79 Å². The fraction of sp³-hybridized carbons (Fsp3) is 0.864. The number of hydrogen-bond donors (Lipinski definition) is 2. The monoisotopic (exact) mass is 354 g/mol. The first-order valence-corrected chi connectivity index (χ1v) is 10.7. The molecule has 3 heteroatoms. The molecule has 0 rings (SSSR count). The van der Waals surface area contributed by atoms with Crippen molar-refractivity contribution in [2.75, 3.05) is 0 Å². The Bertz CT molecular complexity index is 312. The number of aliphatic hydroxyl groups is 1. The van der Waals surface area contributed by atoms with Crippen LogP contribution in [-0.4, -0.2) is 22.3 Å². The zero-order valence-electron chi connectivity index (χ0n) is 16.6. The van der Waals surface area contributed by atoms with Gasteiger partial charge in [0.2, 0.25) is 0 Å². The molecule has 0 bridgehead atoms. The summed E-state index contributed by atoms with van der Waals surface area (Å²) in [5.74, 6) is -0.844. The molecule has 25 heavy (non-hydrogen) atoms. The van der Waals surface area contributed by atoms with E-state index in [2.05, 4.69) is 6.92 Å². The quantitative estimate of drug-likeness (QED) is 0.202. The van der Waals surface area contributed by atoms with Crippen molar-refractivity contribution in [3.63, 3.8) is 0 Å². The summed E-state index contributed by atoms with van der Waals surface area (Å²) in [6.45, 7) is 2.20. The lowest BCUT2D eigenvalue weighted by atomic mass is 10.0.